The van der Waals surface area contributed by atoms with Crippen LogP contribution in [0.1, 0.15) is 56.8 Å². The number of carbonyl (C=O) groups excluding carboxylic acids is 1. The van der Waals surface area contributed by atoms with Crippen LogP contribution < -0.4 is 0 Å². The number of nitrogens with zero attached hydrogens (tertiary/aromatic N) is 1. The molecule has 1 fully saturated rings. The summed E-state index contributed by atoms with van der Waals surface area (Å²) in [5, 5.41) is 10.6. The molecule has 1 aliphatic rings. The Labute approximate surface area is 130 Å². The van der Waals surface area contributed by atoms with Crippen molar-refractivity contribution in [3.63, 3.8) is 0 Å². The fourth-order valence-corrected chi connectivity index (χ4v) is 3.21. The molecule has 5 nitrogen and oxygen atoms in total. The molecule has 22 heavy (non-hydrogen) atoms. The minimum absolute atomic E-state index is 0.0290. The zero-order valence-corrected chi connectivity index (χ0v) is 13.4. The Morgan fingerprint density at radius 1 is 1.36 bits per heavy atom. The van der Waals surface area contributed by atoms with E-state index in [4.69, 9.17) is 4.74 Å². The standard InChI is InChI=1S/C17H23NO4/c1-12(14-5-4-10-17(2,3)11-14)22-16(19)13-6-8-15(9-7-13)18(20)21/h6-9,12,14H,4-5,10-11H2,1-3H3/t12-,14-/m1/s1. The number of non-ortho nitro benzene ring substituents is 1. The van der Waals surface area contributed by atoms with E-state index < -0.39 is 10.9 Å². The summed E-state index contributed by atoms with van der Waals surface area (Å²) in [5.74, 6) is -0.0310. The minimum Gasteiger partial charge on any atom is -0.459 e. The maximum atomic E-state index is 12.1. The molecule has 0 bridgehead atoms. The summed E-state index contributed by atoms with van der Waals surface area (Å²) in [5.41, 5.74) is 0.628. The maximum absolute atomic E-state index is 12.1. The summed E-state index contributed by atoms with van der Waals surface area (Å²) < 4.78 is 5.56. The van der Waals surface area contributed by atoms with Crippen LogP contribution >= 0.6 is 0 Å². The fourth-order valence-electron chi connectivity index (χ4n) is 3.21. The molecular weight excluding hydrogens is 282 g/mol. The number of carbonyl (C=O) groups is 1. The second-order valence-electron chi connectivity index (χ2n) is 6.94. The van der Waals surface area contributed by atoms with Crippen LogP contribution in [0.15, 0.2) is 24.3 Å². The van der Waals surface area contributed by atoms with E-state index in [1.165, 1.54) is 30.7 Å². The van der Waals surface area contributed by atoms with Crippen molar-refractivity contribution in [1.29, 1.82) is 0 Å². The number of ether oxygens (including phenoxy) is 1. The second kappa shape index (κ2) is 6.46. The molecule has 0 N–H and O–H groups in total. The molecule has 0 aromatic heterocycles. The molecule has 5 heteroatoms. The first-order valence-electron chi connectivity index (χ1n) is 7.74. The van der Waals surface area contributed by atoms with Gasteiger partial charge in [-0.15, -0.1) is 0 Å². The molecule has 0 unspecified atom stereocenters. The van der Waals surface area contributed by atoms with E-state index in [0.29, 0.717) is 16.9 Å². The highest BCUT2D eigenvalue weighted by atomic mass is 16.6. The van der Waals surface area contributed by atoms with E-state index in [2.05, 4.69) is 13.8 Å². The summed E-state index contributed by atoms with van der Waals surface area (Å²) in [4.78, 5) is 22.3. The highest BCUT2D eigenvalue weighted by molar-refractivity contribution is 5.89. The van der Waals surface area contributed by atoms with Gasteiger partial charge < -0.3 is 4.74 Å². The van der Waals surface area contributed by atoms with Crippen LogP contribution in [0.4, 0.5) is 5.69 Å². The molecule has 1 aromatic rings. The Morgan fingerprint density at radius 3 is 2.55 bits per heavy atom. The quantitative estimate of drug-likeness (QED) is 0.471. The largest absolute Gasteiger partial charge is 0.459 e. The van der Waals surface area contributed by atoms with Crippen LogP contribution in [0.25, 0.3) is 0 Å². The topological polar surface area (TPSA) is 69.4 Å². The van der Waals surface area contributed by atoms with E-state index >= 15 is 0 Å². The van der Waals surface area contributed by atoms with Gasteiger partial charge in [-0.25, -0.2) is 4.79 Å². The summed E-state index contributed by atoms with van der Waals surface area (Å²) in [7, 11) is 0. The highest BCUT2D eigenvalue weighted by Crippen LogP contribution is 2.40. The molecule has 0 heterocycles. The van der Waals surface area contributed by atoms with Crippen molar-refractivity contribution in [1.82, 2.24) is 0 Å². The lowest BCUT2D eigenvalue weighted by atomic mass is 9.71. The number of esters is 1. The van der Waals surface area contributed by atoms with Crippen molar-refractivity contribution in [3.05, 3.63) is 39.9 Å². The van der Waals surface area contributed by atoms with Crippen molar-refractivity contribution < 1.29 is 14.5 Å². The third kappa shape index (κ3) is 4.06. The average Bonchev–Trinajstić information content (AvgIpc) is 2.46. The lowest BCUT2D eigenvalue weighted by Crippen LogP contribution is -2.32. The summed E-state index contributed by atoms with van der Waals surface area (Å²) in [6.45, 7) is 6.45. The van der Waals surface area contributed by atoms with Gasteiger partial charge in [-0.05, 0) is 49.7 Å². The molecule has 0 amide bonds. The molecule has 1 aromatic carbocycles. The Bertz CT molecular complexity index is 550. The molecule has 0 radical (unpaired) electrons. The monoisotopic (exact) mass is 305 g/mol. The van der Waals surface area contributed by atoms with Crippen molar-refractivity contribution in [3.8, 4) is 0 Å². The number of hydrogen-bond donors (Lipinski definition) is 0. The van der Waals surface area contributed by atoms with Crippen LogP contribution in [0, 0.1) is 21.4 Å². The summed E-state index contributed by atoms with van der Waals surface area (Å²) >= 11 is 0. The van der Waals surface area contributed by atoms with Crippen molar-refractivity contribution in [2.45, 2.75) is 52.6 Å². The summed E-state index contributed by atoms with van der Waals surface area (Å²) in [6.07, 6.45) is 4.38. The smallest absolute Gasteiger partial charge is 0.338 e. The maximum Gasteiger partial charge on any atom is 0.338 e. The van der Waals surface area contributed by atoms with Gasteiger partial charge in [0.25, 0.3) is 5.69 Å². The predicted molar refractivity (Wildman–Crippen MR) is 83.7 cm³/mol. The minimum atomic E-state index is -0.484. The molecule has 2 rings (SSSR count). The molecule has 1 saturated carbocycles. The van der Waals surface area contributed by atoms with Gasteiger partial charge >= 0.3 is 5.97 Å². The first-order valence-corrected chi connectivity index (χ1v) is 7.74. The number of nitro benzene ring substituents is 1. The third-order valence-corrected chi connectivity index (χ3v) is 4.51. The van der Waals surface area contributed by atoms with Gasteiger partial charge in [0.15, 0.2) is 0 Å². The lowest BCUT2D eigenvalue weighted by Gasteiger charge is -2.37. The third-order valence-electron chi connectivity index (χ3n) is 4.51. The van der Waals surface area contributed by atoms with Gasteiger partial charge in [-0.1, -0.05) is 20.3 Å². The molecule has 0 saturated heterocycles. The number of benzene rings is 1. The second-order valence-corrected chi connectivity index (χ2v) is 6.94. The van der Waals surface area contributed by atoms with Crippen molar-refractivity contribution in [2.24, 2.45) is 11.3 Å². The van der Waals surface area contributed by atoms with E-state index in [1.54, 1.807) is 0 Å². The fraction of sp³-hybridized carbons (Fsp3) is 0.588. The van der Waals surface area contributed by atoms with E-state index in [-0.39, 0.29) is 11.8 Å². The Kier molecular flexibility index (Phi) is 4.84. The highest BCUT2D eigenvalue weighted by Gasteiger charge is 2.32. The van der Waals surface area contributed by atoms with Gasteiger partial charge in [0, 0.05) is 12.1 Å². The SMILES string of the molecule is C[C@@H](OC(=O)c1ccc([N+](=O)[O-])cc1)[C@@H]1CCCC(C)(C)C1. The molecule has 0 spiro atoms. The molecule has 2 atom stereocenters. The van der Waals surface area contributed by atoms with Crippen molar-refractivity contribution in [2.75, 3.05) is 0 Å². The number of nitro groups is 1. The van der Waals surface area contributed by atoms with Crippen LogP contribution in [-0.4, -0.2) is 17.0 Å². The first kappa shape index (κ1) is 16.5. The normalized spacial score (nSPS) is 21.9. The van der Waals surface area contributed by atoms with Gasteiger partial charge in [0.05, 0.1) is 10.5 Å². The molecular formula is C17H23NO4. The Hall–Kier alpha value is -1.91. The van der Waals surface area contributed by atoms with Crippen LogP contribution in [-0.2, 0) is 4.74 Å². The number of rotatable bonds is 4. The van der Waals surface area contributed by atoms with E-state index in [9.17, 15) is 14.9 Å². The van der Waals surface area contributed by atoms with Crippen molar-refractivity contribution >= 4 is 11.7 Å². The molecule has 0 aliphatic heterocycles. The van der Waals surface area contributed by atoms with Crippen LogP contribution in [0.2, 0.25) is 0 Å². The first-order chi connectivity index (χ1) is 10.3. The van der Waals surface area contributed by atoms with Crippen LogP contribution in [0.5, 0.6) is 0 Å². The van der Waals surface area contributed by atoms with Gasteiger partial charge in [-0.3, -0.25) is 10.1 Å². The lowest BCUT2D eigenvalue weighted by molar-refractivity contribution is -0.384. The van der Waals surface area contributed by atoms with Crippen LogP contribution in [0.3, 0.4) is 0 Å². The summed E-state index contributed by atoms with van der Waals surface area (Å²) in [6, 6.07) is 5.53. The zero-order valence-electron chi connectivity index (χ0n) is 13.4. The Balaban J connectivity index is 1.97. The number of hydrogen-bond acceptors (Lipinski definition) is 4. The average molecular weight is 305 g/mol. The van der Waals surface area contributed by atoms with E-state index in [0.717, 1.165) is 19.3 Å². The zero-order chi connectivity index (χ0) is 16.3. The van der Waals surface area contributed by atoms with Gasteiger partial charge in [0.1, 0.15) is 6.10 Å². The predicted octanol–water partition coefficient (Wildman–Crippen LogP) is 4.36. The Morgan fingerprint density at radius 2 is 2.00 bits per heavy atom. The van der Waals surface area contributed by atoms with Gasteiger partial charge in [-0.2, -0.15) is 0 Å². The molecule has 120 valence electrons. The van der Waals surface area contributed by atoms with Gasteiger partial charge in [0.2, 0.25) is 0 Å². The molecule has 1 aliphatic carbocycles. The van der Waals surface area contributed by atoms with E-state index in [1.807, 2.05) is 6.92 Å².